The Kier molecular flexibility index (Phi) is 5.69. The smallest absolute Gasteiger partial charge is 0.216 e. The van der Waals surface area contributed by atoms with Crippen LogP contribution in [-0.2, 0) is 6.42 Å². The van der Waals surface area contributed by atoms with Gasteiger partial charge in [0.1, 0.15) is 5.75 Å². The van der Waals surface area contributed by atoms with E-state index in [9.17, 15) is 0 Å². The van der Waals surface area contributed by atoms with Crippen LogP contribution in [0.1, 0.15) is 31.7 Å². The normalized spacial score (nSPS) is 11.2. The SMILES string of the molecule is CCCc1n[nH]c(=S)n1/N=C/c1cc(Br)ccc1OCC. The van der Waals surface area contributed by atoms with Gasteiger partial charge in [-0.25, -0.2) is 0 Å². The van der Waals surface area contributed by atoms with Crippen molar-refractivity contribution in [3.05, 3.63) is 38.8 Å². The summed E-state index contributed by atoms with van der Waals surface area (Å²) in [4.78, 5) is 0. The number of hydrogen-bond acceptors (Lipinski definition) is 4. The molecule has 2 aromatic rings. The number of hydrogen-bond donors (Lipinski definition) is 1. The third kappa shape index (κ3) is 4.01. The molecule has 0 bridgehead atoms. The van der Waals surface area contributed by atoms with Crippen LogP contribution in [0.3, 0.4) is 0 Å². The van der Waals surface area contributed by atoms with Gasteiger partial charge in [0, 0.05) is 16.5 Å². The number of nitrogens with one attached hydrogen (secondary N) is 1. The highest BCUT2D eigenvalue weighted by Gasteiger charge is 2.05. The lowest BCUT2D eigenvalue weighted by atomic mass is 10.2. The van der Waals surface area contributed by atoms with Crippen LogP contribution in [0.5, 0.6) is 5.75 Å². The molecule has 0 aliphatic rings. The zero-order chi connectivity index (χ0) is 15.2. The Labute approximate surface area is 137 Å². The van der Waals surface area contributed by atoms with Crippen LogP contribution in [-0.4, -0.2) is 27.7 Å². The summed E-state index contributed by atoms with van der Waals surface area (Å²) in [6.45, 7) is 4.65. The highest BCUT2D eigenvalue weighted by atomic mass is 79.9. The minimum absolute atomic E-state index is 0.489. The van der Waals surface area contributed by atoms with Crippen molar-refractivity contribution < 1.29 is 4.74 Å². The zero-order valence-electron chi connectivity index (χ0n) is 12.0. The van der Waals surface area contributed by atoms with E-state index in [4.69, 9.17) is 17.0 Å². The fraction of sp³-hybridized carbons (Fsp3) is 0.357. The second kappa shape index (κ2) is 7.51. The first-order chi connectivity index (χ1) is 10.2. The number of aromatic amines is 1. The molecule has 0 amide bonds. The molecule has 0 atom stereocenters. The standard InChI is InChI=1S/C14H17BrN4OS/c1-3-5-13-17-18-14(21)19(13)16-9-10-8-11(15)6-7-12(10)20-4-2/h6-9H,3-5H2,1-2H3,(H,18,21)/b16-9+. The van der Waals surface area contributed by atoms with Gasteiger partial charge in [0.15, 0.2) is 5.82 Å². The molecule has 5 nitrogen and oxygen atoms in total. The van der Waals surface area contributed by atoms with E-state index in [-0.39, 0.29) is 0 Å². The fourth-order valence-electron chi connectivity index (χ4n) is 1.86. The molecule has 0 aliphatic heterocycles. The van der Waals surface area contributed by atoms with Crippen LogP contribution < -0.4 is 4.74 Å². The summed E-state index contributed by atoms with van der Waals surface area (Å²) in [5.74, 6) is 1.61. The molecule has 0 unspecified atom stereocenters. The molecule has 0 aliphatic carbocycles. The van der Waals surface area contributed by atoms with Gasteiger partial charge in [-0.1, -0.05) is 22.9 Å². The molecule has 1 aromatic carbocycles. The van der Waals surface area contributed by atoms with E-state index in [1.165, 1.54) is 0 Å². The van der Waals surface area contributed by atoms with Gasteiger partial charge < -0.3 is 4.74 Å². The Morgan fingerprint density at radius 3 is 3.00 bits per heavy atom. The summed E-state index contributed by atoms with van der Waals surface area (Å²) < 4.78 is 8.71. The van der Waals surface area contributed by atoms with Crippen LogP contribution in [0.4, 0.5) is 0 Å². The maximum absolute atomic E-state index is 5.60. The summed E-state index contributed by atoms with van der Waals surface area (Å²) >= 11 is 8.66. The summed E-state index contributed by atoms with van der Waals surface area (Å²) in [6, 6.07) is 5.81. The Morgan fingerprint density at radius 2 is 2.29 bits per heavy atom. The summed E-state index contributed by atoms with van der Waals surface area (Å²) in [6.07, 6.45) is 3.54. The topological polar surface area (TPSA) is 55.2 Å². The van der Waals surface area contributed by atoms with E-state index in [1.54, 1.807) is 10.9 Å². The molecule has 1 aromatic heterocycles. The van der Waals surface area contributed by atoms with Crippen molar-refractivity contribution >= 4 is 34.4 Å². The first-order valence-electron chi connectivity index (χ1n) is 6.78. The molecule has 0 saturated heterocycles. The minimum atomic E-state index is 0.489. The van der Waals surface area contributed by atoms with Crippen molar-refractivity contribution in [1.29, 1.82) is 0 Å². The highest BCUT2D eigenvalue weighted by Crippen LogP contribution is 2.22. The second-order valence-corrected chi connectivity index (χ2v) is 5.67. The van der Waals surface area contributed by atoms with Crippen molar-refractivity contribution in [3.8, 4) is 5.75 Å². The van der Waals surface area contributed by atoms with E-state index in [1.807, 2.05) is 25.1 Å². The molecule has 1 N–H and O–H groups in total. The maximum atomic E-state index is 5.60. The number of halogens is 1. The molecule has 0 radical (unpaired) electrons. The number of benzene rings is 1. The van der Waals surface area contributed by atoms with Gasteiger partial charge in [-0.2, -0.15) is 14.9 Å². The largest absolute Gasteiger partial charge is 0.493 e. The van der Waals surface area contributed by atoms with E-state index in [0.717, 1.165) is 34.5 Å². The van der Waals surface area contributed by atoms with Crippen LogP contribution in [0, 0.1) is 4.77 Å². The number of aryl methyl sites for hydroxylation is 1. The predicted molar refractivity (Wildman–Crippen MR) is 89.7 cm³/mol. The molecular formula is C14H17BrN4OS. The molecule has 112 valence electrons. The van der Waals surface area contributed by atoms with Gasteiger partial charge in [-0.15, -0.1) is 0 Å². The molecule has 0 saturated carbocycles. The lowest BCUT2D eigenvalue weighted by molar-refractivity contribution is 0.339. The molecular weight excluding hydrogens is 352 g/mol. The third-order valence-corrected chi connectivity index (χ3v) is 3.53. The average Bonchev–Trinajstić information content (AvgIpc) is 2.80. The number of H-pyrrole nitrogens is 1. The van der Waals surface area contributed by atoms with E-state index < -0.39 is 0 Å². The van der Waals surface area contributed by atoms with E-state index in [2.05, 4.69) is 38.2 Å². The first-order valence-corrected chi connectivity index (χ1v) is 7.98. The summed E-state index contributed by atoms with van der Waals surface area (Å²) in [5, 5.41) is 11.4. The monoisotopic (exact) mass is 368 g/mol. The Bertz CT molecular complexity index is 693. The molecule has 0 spiro atoms. The van der Waals surface area contributed by atoms with Gasteiger partial charge >= 0.3 is 0 Å². The van der Waals surface area contributed by atoms with Gasteiger partial charge in [-0.05, 0) is 43.8 Å². The zero-order valence-corrected chi connectivity index (χ0v) is 14.4. The Hall–Kier alpha value is -1.47. The number of nitrogens with zero attached hydrogens (tertiary/aromatic N) is 3. The molecule has 1 heterocycles. The third-order valence-electron chi connectivity index (χ3n) is 2.78. The summed E-state index contributed by atoms with van der Waals surface area (Å²) in [7, 11) is 0. The number of aromatic nitrogens is 3. The quantitative estimate of drug-likeness (QED) is 0.620. The van der Waals surface area contributed by atoms with Crippen molar-refractivity contribution in [2.24, 2.45) is 5.10 Å². The highest BCUT2D eigenvalue weighted by molar-refractivity contribution is 9.10. The fourth-order valence-corrected chi connectivity index (χ4v) is 2.43. The van der Waals surface area contributed by atoms with E-state index >= 15 is 0 Å². The van der Waals surface area contributed by atoms with Crippen LogP contribution in [0.25, 0.3) is 0 Å². The van der Waals surface area contributed by atoms with Gasteiger partial charge in [-0.3, -0.25) is 5.10 Å². The average molecular weight is 369 g/mol. The summed E-state index contributed by atoms with van der Waals surface area (Å²) in [5.41, 5.74) is 0.886. The van der Waals surface area contributed by atoms with Crippen LogP contribution in [0.15, 0.2) is 27.8 Å². The second-order valence-electron chi connectivity index (χ2n) is 4.37. The van der Waals surface area contributed by atoms with Crippen molar-refractivity contribution in [1.82, 2.24) is 14.9 Å². The molecule has 2 rings (SSSR count). The Morgan fingerprint density at radius 1 is 1.48 bits per heavy atom. The number of ether oxygens (including phenoxy) is 1. The van der Waals surface area contributed by atoms with Crippen molar-refractivity contribution in [3.63, 3.8) is 0 Å². The van der Waals surface area contributed by atoms with Gasteiger partial charge in [0.25, 0.3) is 0 Å². The lowest BCUT2D eigenvalue weighted by Gasteiger charge is -2.07. The van der Waals surface area contributed by atoms with Gasteiger partial charge in [0.05, 0.1) is 12.8 Å². The molecule has 21 heavy (non-hydrogen) atoms. The number of rotatable bonds is 6. The Balaban J connectivity index is 2.35. The van der Waals surface area contributed by atoms with Crippen molar-refractivity contribution in [2.75, 3.05) is 6.61 Å². The lowest BCUT2D eigenvalue weighted by Crippen LogP contribution is -2.00. The van der Waals surface area contributed by atoms with Crippen LogP contribution >= 0.6 is 28.1 Å². The molecule has 7 heteroatoms. The molecule has 0 fully saturated rings. The van der Waals surface area contributed by atoms with Crippen molar-refractivity contribution in [2.45, 2.75) is 26.7 Å². The van der Waals surface area contributed by atoms with E-state index in [0.29, 0.717) is 11.4 Å². The predicted octanol–water partition coefficient (Wildman–Crippen LogP) is 3.94. The first kappa shape index (κ1) is 15.9. The van der Waals surface area contributed by atoms with Gasteiger partial charge in [0.2, 0.25) is 4.77 Å². The van der Waals surface area contributed by atoms with Crippen LogP contribution in [0.2, 0.25) is 0 Å². The maximum Gasteiger partial charge on any atom is 0.216 e. The minimum Gasteiger partial charge on any atom is -0.493 e.